The van der Waals surface area contributed by atoms with Crippen LogP contribution in [0.4, 0.5) is 0 Å². The number of benzene rings is 5. The van der Waals surface area contributed by atoms with E-state index in [4.69, 9.17) is 4.42 Å². The van der Waals surface area contributed by atoms with Crippen LogP contribution in [0, 0.1) is 0 Å². The van der Waals surface area contributed by atoms with Gasteiger partial charge in [-0.25, -0.2) is 0 Å². The average molecular weight is 609 g/mol. The predicted molar refractivity (Wildman–Crippen MR) is 191 cm³/mol. The smallest absolute Gasteiger partial charge is 0.136 e. The molecule has 0 atom stereocenters. The van der Waals surface area contributed by atoms with Crippen LogP contribution < -0.4 is 0 Å². The molecule has 0 N–H and O–H groups in total. The maximum Gasteiger partial charge on any atom is 0.136 e. The fraction of sp³-hybridized carbons (Fsp3) is 0.0476. The van der Waals surface area contributed by atoms with Crippen LogP contribution in [-0.4, -0.2) is 9.97 Å². The Labute approximate surface area is 271 Å². The Morgan fingerprint density at radius 1 is 0.457 bits per heavy atom. The van der Waals surface area contributed by atoms with Gasteiger partial charge >= 0.3 is 0 Å². The summed E-state index contributed by atoms with van der Waals surface area (Å²) >= 11 is 1.98. The lowest BCUT2D eigenvalue weighted by molar-refractivity contribution is 0.669. The number of pyridine rings is 2. The summed E-state index contributed by atoms with van der Waals surface area (Å²) in [6.45, 7) is 0. The summed E-state index contributed by atoms with van der Waals surface area (Å²) in [4.78, 5) is 8.81. The third kappa shape index (κ3) is 4.70. The van der Waals surface area contributed by atoms with Gasteiger partial charge in [0, 0.05) is 58.2 Å². The van der Waals surface area contributed by atoms with Crippen LogP contribution in [0.5, 0.6) is 0 Å². The summed E-state index contributed by atoms with van der Waals surface area (Å²) in [5, 5.41) is 2.32. The first-order chi connectivity index (χ1) is 22.8. The summed E-state index contributed by atoms with van der Waals surface area (Å²) in [5.41, 5.74) is 16.4. The van der Waals surface area contributed by atoms with Gasteiger partial charge < -0.3 is 4.42 Å². The van der Waals surface area contributed by atoms with E-state index < -0.39 is 0 Å². The molecule has 1 aliphatic heterocycles. The zero-order valence-electron chi connectivity index (χ0n) is 25.0. The molecule has 0 spiro atoms. The monoisotopic (exact) mass is 608 g/mol. The highest BCUT2D eigenvalue weighted by Gasteiger charge is 2.19. The van der Waals surface area contributed by atoms with Crippen LogP contribution in [0.2, 0.25) is 0 Å². The third-order valence-electron chi connectivity index (χ3n) is 8.99. The molecule has 3 nitrogen and oxygen atoms in total. The van der Waals surface area contributed by atoms with Crippen molar-refractivity contribution in [2.45, 2.75) is 11.5 Å². The lowest BCUT2D eigenvalue weighted by Crippen LogP contribution is -1.92. The van der Waals surface area contributed by atoms with Crippen LogP contribution in [-0.2, 0) is 11.5 Å². The highest BCUT2D eigenvalue weighted by Crippen LogP contribution is 2.43. The summed E-state index contributed by atoms with van der Waals surface area (Å²) in [7, 11) is 0. The van der Waals surface area contributed by atoms with Crippen molar-refractivity contribution in [3.63, 3.8) is 0 Å². The Hall–Kier alpha value is -5.45. The molecule has 46 heavy (non-hydrogen) atoms. The molecular formula is C42H28N2OS. The Morgan fingerprint density at radius 2 is 1.07 bits per heavy atom. The number of nitrogens with zero attached hydrogens (tertiary/aromatic N) is 2. The van der Waals surface area contributed by atoms with Crippen molar-refractivity contribution >= 4 is 33.7 Å². The molecule has 3 aromatic heterocycles. The minimum atomic E-state index is 0.921. The minimum absolute atomic E-state index is 0.921. The standard InChI is InChI=1S/C42H28N2OS/c1-2-10-40-37(8-1)42-36(9-3-11-41(42)45-40)28-13-15-32-26-46-25-31-14-12-27(21-38(31)39(32)22-28)33-18-34(29-6-4-16-43-23-29)20-35(19-33)30-7-5-17-44-24-30/h1-24H,25-26H2. The molecular weight excluding hydrogens is 581 g/mol. The molecule has 0 amide bonds. The van der Waals surface area contributed by atoms with E-state index in [2.05, 4.69) is 107 Å². The molecule has 0 radical (unpaired) electrons. The molecule has 5 aromatic carbocycles. The van der Waals surface area contributed by atoms with Crippen LogP contribution in [0.1, 0.15) is 11.1 Å². The average Bonchev–Trinajstić information content (AvgIpc) is 3.41. The summed E-state index contributed by atoms with van der Waals surface area (Å²) < 4.78 is 6.24. The van der Waals surface area contributed by atoms with Gasteiger partial charge in [0.25, 0.3) is 0 Å². The largest absolute Gasteiger partial charge is 0.456 e. The molecule has 1 aliphatic rings. The third-order valence-corrected chi connectivity index (χ3v) is 10.0. The molecule has 9 rings (SSSR count). The number of aromatic nitrogens is 2. The Morgan fingerprint density at radius 3 is 1.74 bits per heavy atom. The number of fused-ring (bicyclic) bond motifs is 6. The number of hydrogen-bond donors (Lipinski definition) is 0. The normalized spacial score (nSPS) is 12.5. The van der Waals surface area contributed by atoms with E-state index in [0.717, 1.165) is 50.3 Å². The van der Waals surface area contributed by atoms with Gasteiger partial charge in [0.1, 0.15) is 11.2 Å². The van der Waals surface area contributed by atoms with E-state index in [1.54, 1.807) is 0 Å². The fourth-order valence-electron chi connectivity index (χ4n) is 6.73. The van der Waals surface area contributed by atoms with Crippen molar-refractivity contribution in [1.82, 2.24) is 9.97 Å². The highest BCUT2D eigenvalue weighted by molar-refractivity contribution is 7.97. The number of furan rings is 1. The van der Waals surface area contributed by atoms with E-state index in [1.807, 2.05) is 60.8 Å². The van der Waals surface area contributed by atoms with Crippen LogP contribution >= 0.6 is 11.8 Å². The van der Waals surface area contributed by atoms with Gasteiger partial charge in [-0.3, -0.25) is 9.97 Å². The van der Waals surface area contributed by atoms with Gasteiger partial charge in [-0.2, -0.15) is 11.8 Å². The second kappa shape index (κ2) is 11.2. The second-order valence-corrected chi connectivity index (χ2v) is 12.8. The molecule has 4 heteroatoms. The van der Waals surface area contributed by atoms with Gasteiger partial charge in [-0.1, -0.05) is 66.7 Å². The fourth-order valence-corrected chi connectivity index (χ4v) is 7.78. The SMILES string of the molecule is c1cncc(-c2cc(-c3cccnc3)cc(-c3ccc4c(c3)-c3cc(-c5cccc6oc7ccccc7c56)ccc3CSC4)c2)c1. The highest BCUT2D eigenvalue weighted by atomic mass is 32.2. The molecule has 0 unspecified atom stereocenters. The minimum Gasteiger partial charge on any atom is -0.456 e. The lowest BCUT2D eigenvalue weighted by Gasteiger charge is -2.15. The van der Waals surface area contributed by atoms with Crippen molar-refractivity contribution < 1.29 is 4.42 Å². The van der Waals surface area contributed by atoms with Gasteiger partial charge in [-0.05, 0) is 110 Å². The second-order valence-electron chi connectivity index (χ2n) is 11.8. The molecule has 0 fully saturated rings. The summed E-state index contributed by atoms with van der Waals surface area (Å²) in [6.07, 6.45) is 7.51. The van der Waals surface area contributed by atoms with Gasteiger partial charge in [-0.15, -0.1) is 0 Å². The summed E-state index contributed by atoms with van der Waals surface area (Å²) in [5.74, 6) is 1.97. The molecule has 8 aromatic rings. The van der Waals surface area contributed by atoms with E-state index in [-0.39, 0.29) is 0 Å². The zero-order valence-corrected chi connectivity index (χ0v) is 25.8. The maximum absolute atomic E-state index is 6.24. The maximum atomic E-state index is 6.24. The first kappa shape index (κ1) is 26.9. The molecule has 218 valence electrons. The first-order valence-electron chi connectivity index (χ1n) is 15.5. The molecule has 0 aliphatic carbocycles. The quantitative estimate of drug-likeness (QED) is 0.199. The van der Waals surface area contributed by atoms with Crippen molar-refractivity contribution in [3.05, 3.63) is 157 Å². The van der Waals surface area contributed by atoms with E-state index in [1.165, 1.54) is 49.9 Å². The number of thioether (sulfide) groups is 1. The topological polar surface area (TPSA) is 38.9 Å². The Balaban J connectivity index is 1.21. The van der Waals surface area contributed by atoms with E-state index >= 15 is 0 Å². The molecule has 0 saturated heterocycles. The Kier molecular flexibility index (Phi) is 6.53. The number of para-hydroxylation sites is 1. The first-order valence-corrected chi connectivity index (χ1v) is 16.6. The Bertz CT molecular complexity index is 2340. The van der Waals surface area contributed by atoms with Crippen LogP contribution in [0.25, 0.3) is 77.6 Å². The van der Waals surface area contributed by atoms with Gasteiger partial charge in [0.05, 0.1) is 0 Å². The van der Waals surface area contributed by atoms with Crippen molar-refractivity contribution in [3.8, 4) is 55.6 Å². The van der Waals surface area contributed by atoms with Crippen molar-refractivity contribution in [2.75, 3.05) is 0 Å². The molecule has 0 saturated carbocycles. The molecule has 4 heterocycles. The van der Waals surface area contributed by atoms with Crippen LogP contribution in [0.15, 0.2) is 151 Å². The molecule has 0 bridgehead atoms. The van der Waals surface area contributed by atoms with Crippen molar-refractivity contribution in [2.24, 2.45) is 0 Å². The van der Waals surface area contributed by atoms with Gasteiger partial charge in [0.2, 0.25) is 0 Å². The predicted octanol–water partition coefficient (Wildman–Crippen LogP) is 11.5. The van der Waals surface area contributed by atoms with Crippen molar-refractivity contribution in [1.29, 1.82) is 0 Å². The summed E-state index contributed by atoms with van der Waals surface area (Å²) in [6, 6.07) is 43.7. The number of hydrogen-bond acceptors (Lipinski definition) is 4. The number of rotatable bonds is 4. The zero-order chi connectivity index (χ0) is 30.5. The van der Waals surface area contributed by atoms with E-state index in [9.17, 15) is 0 Å². The van der Waals surface area contributed by atoms with Crippen LogP contribution in [0.3, 0.4) is 0 Å². The van der Waals surface area contributed by atoms with E-state index in [0.29, 0.717) is 0 Å². The lowest BCUT2D eigenvalue weighted by atomic mass is 9.88. The van der Waals surface area contributed by atoms with Gasteiger partial charge in [0.15, 0.2) is 0 Å².